The highest BCUT2D eigenvalue weighted by Gasteiger charge is 2.07. The second-order valence-electron chi connectivity index (χ2n) is 4.23. The number of nitrogens with two attached hydrogens (primary N) is 1. The van der Waals surface area contributed by atoms with Gasteiger partial charge in [-0.15, -0.1) is 0 Å². The number of rotatable bonds is 2. The topological polar surface area (TPSA) is 55.0 Å². The standard InChI is InChI=1S/C13H16N4/c1-9-4-6-10(7-5-9)11-8-15-13(17(2)3)16-12(11)14/h4-8H,1-3H3,(H2,14,15,16). The van der Waals surface area contributed by atoms with E-state index in [1.54, 1.807) is 6.20 Å². The van der Waals surface area contributed by atoms with E-state index in [9.17, 15) is 0 Å². The molecule has 17 heavy (non-hydrogen) atoms. The summed E-state index contributed by atoms with van der Waals surface area (Å²) in [6.07, 6.45) is 1.77. The summed E-state index contributed by atoms with van der Waals surface area (Å²) in [7, 11) is 3.78. The van der Waals surface area contributed by atoms with E-state index in [1.165, 1.54) is 5.56 Å². The summed E-state index contributed by atoms with van der Waals surface area (Å²) < 4.78 is 0. The van der Waals surface area contributed by atoms with Gasteiger partial charge in [0.15, 0.2) is 0 Å². The van der Waals surface area contributed by atoms with E-state index in [2.05, 4.69) is 29.0 Å². The molecule has 0 saturated heterocycles. The summed E-state index contributed by atoms with van der Waals surface area (Å²) in [4.78, 5) is 10.4. The van der Waals surface area contributed by atoms with Crippen LogP contribution < -0.4 is 10.6 Å². The maximum Gasteiger partial charge on any atom is 0.226 e. The Kier molecular flexibility index (Phi) is 2.95. The fourth-order valence-electron chi connectivity index (χ4n) is 1.56. The Morgan fingerprint density at radius 3 is 2.29 bits per heavy atom. The molecule has 0 radical (unpaired) electrons. The first-order valence-corrected chi connectivity index (χ1v) is 5.45. The number of benzene rings is 1. The van der Waals surface area contributed by atoms with Gasteiger partial charge in [0.05, 0.1) is 0 Å². The zero-order valence-corrected chi connectivity index (χ0v) is 10.3. The molecular weight excluding hydrogens is 212 g/mol. The summed E-state index contributed by atoms with van der Waals surface area (Å²) in [5.74, 6) is 1.13. The largest absolute Gasteiger partial charge is 0.383 e. The van der Waals surface area contributed by atoms with Crippen molar-refractivity contribution in [2.75, 3.05) is 24.7 Å². The molecule has 0 fully saturated rings. The van der Waals surface area contributed by atoms with Crippen LogP contribution in [0.1, 0.15) is 5.56 Å². The zero-order valence-electron chi connectivity index (χ0n) is 10.3. The molecule has 0 atom stereocenters. The molecule has 88 valence electrons. The van der Waals surface area contributed by atoms with Crippen LogP contribution in [0.3, 0.4) is 0 Å². The first-order chi connectivity index (χ1) is 8.08. The third kappa shape index (κ3) is 2.36. The Hall–Kier alpha value is -2.10. The molecule has 2 rings (SSSR count). The second-order valence-corrected chi connectivity index (χ2v) is 4.23. The number of aromatic nitrogens is 2. The summed E-state index contributed by atoms with van der Waals surface area (Å²) in [6, 6.07) is 8.16. The molecule has 4 heteroatoms. The Balaban J connectivity index is 2.43. The van der Waals surface area contributed by atoms with Crippen molar-refractivity contribution in [1.29, 1.82) is 0 Å². The first-order valence-electron chi connectivity index (χ1n) is 5.45. The van der Waals surface area contributed by atoms with Gasteiger partial charge in [0.1, 0.15) is 5.82 Å². The van der Waals surface area contributed by atoms with Gasteiger partial charge in [-0.1, -0.05) is 29.8 Å². The summed E-state index contributed by atoms with van der Waals surface area (Å²) in [5, 5.41) is 0. The average molecular weight is 228 g/mol. The van der Waals surface area contributed by atoms with E-state index in [0.717, 1.165) is 11.1 Å². The van der Waals surface area contributed by atoms with E-state index in [4.69, 9.17) is 5.73 Å². The lowest BCUT2D eigenvalue weighted by atomic mass is 10.1. The van der Waals surface area contributed by atoms with Crippen molar-refractivity contribution in [3.05, 3.63) is 36.0 Å². The normalized spacial score (nSPS) is 10.3. The van der Waals surface area contributed by atoms with E-state index in [1.807, 2.05) is 31.1 Å². The SMILES string of the molecule is Cc1ccc(-c2cnc(N(C)C)nc2N)cc1. The van der Waals surface area contributed by atoms with E-state index < -0.39 is 0 Å². The van der Waals surface area contributed by atoms with Crippen LogP contribution in [0.15, 0.2) is 30.5 Å². The molecule has 1 aromatic carbocycles. The Bertz CT molecular complexity index is 517. The quantitative estimate of drug-likeness (QED) is 0.855. The fourth-order valence-corrected chi connectivity index (χ4v) is 1.56. The smallest absolute Gasteiger partial charge is 0.226 e. The highest BCUT2D eigenvalue weighted by atomic mass is 15.2. The van der Waals surface area contributed by atoms with Gasteiger partial charge in [0.25, 0.3) is 0 Å². The van der Waals surface area contributed by atoms with Crippen molar-refractivity contribution < 1.29 is 0 Å². The Morgan fingerprint density at radius 1 is 1.12 bits per heavy atom. The summed E-state index contributed by atoms with van der Waals surface area (Å²) in [6.45, 7) is 2.05. The lowest BCUT2D eigenvalue weighted by molar-refractivity contribution is 1.00. The minimum Gasteiger partial charge on any atom is -0.383 e. The fraction of sp³-hybridized carbons (Fsp3) is 0.231. The van der Waals surface area contributed by atoms with Crippen LogP contribution in [0.25, 0.3) is 11.1 Å². The van der Waals surface area contributed by atoms with Crippen LogP contribution >= 0.6 is 0 Å². The molecule has 0 aliphatic heterocycles. The van der Waals surface area contributed by atoms with Crippen molar-refractivity contribution in [1.82, 2.24) is 9.97 Å². The molecular formula is C13H16N4. The van der Waals surface area contributed by atoms with Gasteiger partial charge in [-0.3, -0.25) is 0 Å². The highest BCUT2D eigenvalue weighted by Crippen LogP contribution is 2.24. The summed E-state index contributed by atoms with van der Waals surface area (Å²) >= 11 is 0. The number of anilines is 2. The highest BCUT2D eigenvalue weighted by molar-refractivity contribution is 5.73. The number of nitrogens with zero attached hydrogens (tertiary/aromatic N) is 3. The van der Waals surface area contributed by atoms with Crippen LogP contribution in [0.4, 0.5) is 11.8 Å². The van der Waals surface area contributed by atoms with E-state index >= 15 is 0 Å². The second kappa shape index (κ2) is 4.41. The monoisotopic (exact) mass is 228 g/mol. The number of hydrogen-bond acceptors (Lipinski definition) is 4. The number of aryl methyl sites for hydroxylation is 1. The predicted octanol–water partition coefficient (Wildman–Crippen LogP) is 2.10. The van der Waals surface area contributed by atoms with Crippen molar-refractivity contribution in [3.63, 3.8) is 0 Å². The molecule has 0 bridgehead atoms. The maximum atomic E-state index is 5.95. The Morgan fingerprint density at radius 2 is 1.76 bits per heavy atom. The number of nitrogen functional groups attached to an aromatic ring is 1. The van der Waals surface area contributed by atoms with Crippen LogP contribution in [0.5, 0.6) is 0 Å². The van der Waals surface area contributed by atoms with Crippen molar-refractivity contribution in [3.8, 4) is 11.1 Å². The molecule has 0 saturated carbocycles. The molecule has 0 aliphatic rings. The predicted molar refractivity (Wildman–Crippen MR) is 70.9 cm³/mol. The minimum atomic E-state index is 0.507. The molecule has 2 aromatic rings. The van der Waals surface area contributed by atoms with Gasteiger partial charge >= 0.3 is 0 Å². The van der Waals surface area contributed by atoms with Crippen molar-refractivity contribution in [2.45, 2.75) is 6.92 Å². The molecule has 0 amide bonds. The molecule has 0 spiro atoms. The lowest BCUT2D eigenvalue weighted by Crippen LogP contribution is -2.13. The Labute approximate surface area is 101 Å². The molecule has 0 aliphatic carbocycles. The van der Waals surface area contributed by atoms with Crippen molar-refractivity contribution in [2.24, 2.45) is 0 Å². The van der Waals surface area contributed by atoms with Gasteiger partial charge < -0.3 is 10.6 Å². The molecule has 2 N–H and O–H groups in total. The molecule has 4 nitrogen and oxygen atoms in total. The van der Waals surface area contributed by atoms with Crippen LogP contribution in [-0.2, 0) is 0 Å². The van der Waals surface area contributed by atoms with Crippen LogP contribution in [0, 0.1) is 6.92 Å². The zero-order chi connectivity index (χ0) is 12.4. The third-order valence-corrected chi connectivity index (χ3v) is 2.57. The molecule has 1 heterocycles. The van der Waals surface area contributed by atoms with Crippen LogP contribution in [0.2, 0.25) is 0 Å². The van der Waals surface area contributed by atoms with Gasteiger partial charge in [0.2, 0.25) is 5.95 Å². The number of hydrogen-bond donors (Lipinski definition) is 1. The van der Waals surface area contributed by atoms with Crippen LogP contribution in [-0.4, -0.2) is 24.1 Å². The summed E-state index contributed by atoms with van der Waals surface area (Å²) in [5.41, 5.74) is 9.08. The van der Waals surface area contributed by atoms with Gasteiger partial charge in [0, 0.05) is 25.9 Å². The van der Waals surface area contributed by atoms with Gasteiger partial charge in [-0.2, -0.15) is 4.98 Å². The lowest BCUT2D eigenvalue weighted by Gasteiger charge is -2.12. The average Bonchev–Trinajstić information content (AvgIpc) is 2.30. The van der Waals surface area contributed by atoms with Crippen molar-refractivity contribution >= 4 is 11.8 Å². The van der Waals surface area contributed by atoms with Gasteiger partial charge in [-0.25, -0.2) is 4.98 Å². The van der Waals surface area contributed by atoms with E-state index in [0.29, 0.717) is 11.8 Å². The van der Waals surface area contributed by atoms with Gasteiger partial charge in [-0.05, 0) is 12.5 Å². The molecule has 0 unspecified atom stereocenters. The third-order valence-electron chi connectivity index (χ3n) is 2.57. The maximum absolute atomic E-state index is 5.95. The first kappa shape index (κ1) is 11.4. The minimum absolute atomic E-state index is 0.507. The van der Waals surface area contributed by atoms with E-state index in [-0.39, 0.29) is 0 Å². The molecule has 1 aromatic heterocycles.